The van der Waals surface area contributed by atoms with E-state index >= 15 is 0 Å². The fourth-order valence-electron chi connectivity index (χ4n) is 2.10. The van der Waals surface area contributed by atoms with Gasteiger partial charge in [-0.05, 0) is 25.0 Å². The number of anilines is 1. The van der Waals surface area contributed by atoms with E-state index in [2.05, 4.69) is 49.5 Å². The Labute approximate surface area is 129 Å². The third-order valence-corrected chi connectivity index (χ3v) is 3.29. The molecule has 2 aromatic heterocycles. The predicted octanol–water partition coefficient (Wildman–Crippen LogP) is 2.89. The molecule has 0 atom stereocenters. The predicted molar refractivity (Wildman–Crippen MR) is 85.4 cm³/mol. The molecule has 0 spiro atoms. The van der Waals surface area contributed by atoms with Crippen molar-refractivity contribution in [2.75, 3.05) is 5.32 Å². The van der Waals surface area contributed by atoms with Crippen molar-refractivity contribution < 1.29 is 4.74 Å². The molecule has 0 unspecified atom stereocenters. The largest absolute Gasteiger partial charge is 0.374 e. The number of H-pyrrole nitrogens is 1. The van der Waals surface area contributed by atoms with Gasteiger partial charge in [-0.3, -0.25) is 0 Å². The van der Waals surface area contributed by atoms with Gasteiger partial charge in [0.1, 0.15) is 11.8 Å². The Bertz CT molecular complexity index is 736. The van der Waals surface area contributed by atoms with Crippen LogP contribution in [0.15, 0.2) is 36.9 Å². The lowest BCUT2D eigenvalue weighted by Crippen LogP contribution is -2.04. The average Bonchev–Trinajstić information content (AvgIpc) is 3.01. The van der Waals surface area contributed by atoms with Gasteiger partial charge in [0.2, 0.25) is 0 Å². The molecule has 2 N–H and O–H groups in total. The molecule has 0 amide bonds. The summed E-state index contributed by atoms with van der Waals surface area (Å²) in [6, 6.07) is 8.37. The monoisotopic (exact) mass is 297 g/mol. The Morgan fingerprint density at radius 3 is 2.64 bits per heavy atom. The SMILES string of the molecule is CC(C)OCc1ccc(CNc2ncnc3nc[nH]c23)cc1. The average molecular weight is 297 g/mol. The smallest absolute Gasteiger partial charge is 0.182 e. The number of aromatic amines is 1. The second-order valence-electron chi connectivity index (χ2n) is 5.35. The molecule has 6 nitrogen and oxygen atoms in total. The molecule has 0 aliphatic carbocycles. The summed E-state index contributed by atoms with van der Waals surface area (Å²) in [6.07, 6.45) is 3.38. The van der Waals surface area contributed by atoms with Crippen LogP contribution in [0.25, 0.3) is 11.2 Å². The molecule has 6 heteroatoms. The van der Waals surface area contributed by atoms with Crippen LogP contribution in [0.2, 0.25) is 0 Å². The van der Waals surface area contributed by atoms with Crippen LogP contribution in [0.4, 0.5) is 5.82 Å². The molecule has 3 aromatic rings. The van der Waals surface area contributed by atoms with Crippen molar-refractivity contribution in [2.45, 2.75) is 33.1 Å². The van der Waals surface area contributed by atoms with E-state index in [4.69, 9.17) is 4.74 Å². The molecular formula is C16H19N5O. The van der Waals surface area contributed by atoms with Crippen LogP contribution in [0.3, 0.4) is 0 Å². The molecule has 1 aromatic carbocycles. The van der Waals surface area contributed by atoms with E-state index in [-0.39, 0.29) is 6.10 Å². The molecule has 114 valence electrons. The zero-order chi connectivity index (χ0) is 15.4. The summed E-state index contributed by atoms with van der Waals surface area (Å²) >= 11 is 0. The van der Waals surface area contributed by atoms with E-state index in [0.717, 1.165) is 11.3 Å². The lowest BCUT2D eigenvalue weighted by molar-refractivity contribution is 0.0657. The molecule has 0 fully saturated rings. The van der Waals surface area contributed by atoms with Crippen molar-refractivity contribution in [2.24, 2.45) is 0 Å². The third-order valence-electron chi connectivity index (χ3n) is 3.29. The molecule has 0 saturated heterocycles. The van der Waals surface area contributed by atoms with Gasteiger partial charge in [-0.25, -0.2) is 15.0 Å². The van der Waals surface area contributed by atoms with Crippen molar-refractivity contribution in [3.8, 4) is 0 Å². The van der Waals surface area contributed by atoms with E-state index in [1.807, 2.05) is 13.8 Å². The Hall–Kier alpha value is -2.47. The highest BCUT2D eigenvalue weighted by atomic mass is 16.5. The molecule has 0 radical (unpaired) electrons. The zero-order valence-electron chi connectivity index (χ0n) is 12.7. The summed E-state index contributed by atoms with van der Waals surface area (Å²) in [7, 11) is 0. The Morgan fingerprint density at radius 1 is 1.09 bits per heavy atom. The van der Waals surface area contributed by atoms with Crippen LogP contribution >= 0.6 is 0 Å². The first-order valence-corrected chi connectivity index (χ1v) is 7.30. The number of fused-ring (bicyclic) bond motifs is 1. The molecule has 22 heavy (non-hydrogen) atoms. The minimum Gasteiger partial charge on any atom is -0.374 e. The number of benzene rings is 1. The first kappa shape index (κ1) is 14.5. The van der Waals surface area contributed by atoms with Crippen LogP contribution in [-0.2, 0) is 17.9 Å². The number of rotatable bonds is 6. The second kappa shape index (κ2) is 6.53. The first-order chi connectivity index (χ1) is 10.7. The van der Waals surface area contributed by atoms with Crippen LogP contribution in [0, 0.1) is 0 Å². The van der Waals surface area contributed by atoms with E-state index < -0.39 is 0 Å². The highest BCUT2D eigenvalue weighted by Gasteiger charge is 2.05. The number of imidazole rings is 1. The molecule has 0 aliphatic rings. The number of hydrogen-bond acceptors (Lipinski definition) is 5. The van der Waals surface area contributed by atoms with Gasteiger partial charge >= 0.3 is 0 Å². The maximum absolute atomic E-state index is 5.59. The lowest BCUT2D eigenvalue weighted by Gasteiger charge is -2.09. The summed E-state index contributed by atoms with van der Waals surface area (Å²) in [6.45, 7) is 5.41. The number of hydrogen-bond donors (Lipinski definition) is 2. The highest BCUT2D eigenvalue weighted by Crippen LogP contribution is 2.15. The molecule has 0 saturated carbocycles. The number of ether oxygens (including phenoxy) is 1. The van der Waals surface area contributed by atoms with Crippen LogP contribution in [0.1, 0.15) is 25.0 Å². The van der Waals surface area contributed by atoms with Gasteiger partial charge in [0.25, 0.3) is 0 Å². The topological polar surface area (TPSA) is 75.7 Å². The molecule has 2 heterocycles. The molecule has 0 aliphatic heterocycles. The number of nitrogens with one attached hydrogen (secondary N) is 2. The van der Waals surface area contributed by atoms with Gasteiger partial charge in [0.15, 0.2) is 11.5 Å². The van der Waals surface area contributed by atoms with Crippen molar-refractivity contribution >= 4 is 17.0 Å². The summed E-state index contributed by atoms with van der Waals surface area (Å²) in [5, 5.41) is 3.31. The standard InChI is InChI=1S/C16H19N5O/c1-11(2)22-8-13-5-3-12(4-6-13)7-17-15-14-16(19-9-18-14)21-10-20-15/h3-6,9-11H,7-8H2,1-2H3,(H2,17,18,19,20,21). The number of nitrogens with zero attached hydrogens (tertiary/aromatic N) is 3. The quantitative estimate of drug-likeness (QED) is 0.731. The fraction of sp³-hybridized carbons (Fsp3) is 0.312. The minimum atomic E-state index is 0.246. The maximum atomic E-state index is 5.59. The molecule has 3 rings (SSSR count). The zero-order valence-corrected chi connectivity index (χ0v) is 12.7. The highest BCUT2D eigenvalue weighted by molar-refractivity contribution is 5.81. The van der Waals surface area contributed by atoms with Gasteiger partial charge in [-0.1, -0.05) is 24.3 Å². The van der Waals surface area contributed by atoms with Crippen molar-refractivity contribution in [3.05, 3.63) is 48.0 Å². The first-order valence-electron chi connectivity index (χ1n) is 7.30. The normalized spacial score (nSPS) is 11.2. The van der Waals surface area contributed by atoms with Crippen molar-refractivity contribution in [3.63, 3.8) is 0 Å². The third kappa shape index (κ3) is 3.40. The molecular weight excluding hydrogens is 278 g/mol. The molecule has 0 bridgehead atoms. The minimum absolute atomic E-state index is 0.246. The summed E-state index contributed by atoms with van der Waals surface area (Å²) in [5.74, 6) is 0.759. The van der Waals surface area contributed by atoms with E-state index in [9.17, 15) is 0 Å². The number of aromatic nitrogens is 4. The van der Waals surface area contributed by atoms with E-state index in [1.165, 1.54) is 17.5 Å². The van der Waals surface area contributed by atoms with Crippen LogP contribution in [0.5, 0.6) is 0 Å². The van der Waals surface area contributed by atoms with Gasteiger partial charge < -0.3 is 15.0 Å². The second-order valence-corrected chi connectivity index (χ2v) is 5.35. The van der Waals surface area contributed by atoms with Gasteiger partial charge in [-0.15, -0.1) is 0 Å². The fourth-order valence-corrected chi connectivity index (χ4v) is 2.10. The maximum Gasteiger partial charge on any atom is 0.182 e. The van der Waals surface area contributed by atoms with Gasteiger partial charge in [0, 0.05) is 6.54 Å². The van der Waals surface area contributed by atoms with Crippen LogP contribution < -0.4 is 5.32 Å². The Kier molecular flexibility index (Phi) is 4.29. The van der Waals surface area contributed by atoms with Crippen molar-refractivity contribution in [1.82, 2.24) is 19.9 Å². The Balaban J connectivity index is 1.63. The van der Waals surface area contributed by atoms with Crippen LogP contribution in [-0.4, -0.2) is 26.0 Å². The van der Waals surface area contributed by atoms with Crippen molar-refractivity contribution in [1.29, 1.82) is 0 Å². The summed E-state index contributed by atoms with van der Waals surface area (Å²) in [4.78, 5) is 15.5. The lowest BCUT2D eigenvalue weighted by atomic mass is 10.1. The van der Waals surface area contributed by atoms with Gasteiger partial charge in [0.05, 0.1) is 19.0 Å². The van der Waals surface area contributed by atoms with E-state index in [0.29, 0.717) is 18.8 Å². The Morgan fingerprint density at radius 2 is 1.86 bits per heavy atom. The summed E-state index contributed by atoms with van der Waals surface area (Å²) in [5.41, 5.74) is 3.85. The van der Waals surface area contributed by atoms with Gasteiger partial charge in [-0.2, -0.15) is 0 Å². The van der Waals surface area contributed by atoms with E-state index in [1.54, 1.807) is 6.33 Å². The summed E-state index contributed by atoms with van der Waals surface area (Å²) < 4.78 is 5.59.